The van der Waals surface area contributed by atoms with Crippen molar-refractivity contribution in [1.29, 1.82) is 0 Å². The average molecular weight is 265 g/mol. The highest BCUT2D eigenvalue weighted by Crippen LogP contribution is 2.32. The second-order valence-corrected chi connectivity index (χ2v) is 7.35. The quantitative estimate of drug-likeness (QED) is 0.905. The number of rotatable bonds is 3. The van der Waals surface area contributed by atoms with Gasteiger partial charge in [-0.2, -0.15) is 11.8 Å². The third-order valence-electron chi connectivity index (χ3n) is 3.46. The van der Waals surface area contributed by atoms with Gasteiger partial charge < -0.3 is 10.0 Å². The van der Waals surface area contributed by atoms with E-state index in [1.807, 2.05) is 18.7 Å². The monoisotopic (exact) mass is 265 g/mol. The van der Waals surface area contributed by atoms with Gasteiger partial charge >= 0.3 is 0 Å². The zero-order valence-electron chi connectivity index (χ0n) is 11.5. The van der Waals surface area contributed by atoms with Gasteiger partial charge in [0.1, 0.15) is 0 Å². The van der Waals surface area contributed by atoms with E-state index < -0.39 is 0 Å². The van der Waals surface area contributed by atoms with Gasteiger partial charge in [0.15, 0.2) is 0 Å². The van der Waals surface area contributed by atoms with Crippen molar-refractivity contribution in [3.8, 4) is 0 Å². The Balaban J connectivity index is 2.09. The summed E-state index contributed by atoms with van der Waals surface area (Å²) in [5, 5.41) is 9.80. The molecule has 1 heterocycles. The van der Waals surface area contributed by atoms with Gasteiger partial charge in [-0.3, -0.25) is 0 Å². The molecule has 0 radical (unpaired) electrons. The van der Waals surface area contributed by atoms with Crippen LogP contribution in [0.4, 0.5) is 5.69 Å². The van der Waals surface area contributed by atoms with Crippen molar-refractivity contribution < 1.29 is 5.11 Å². The summed E-state index contributed by atoms with van der Waals surface area (Å²) < 4.78 is 0.333. The molecule has 3 heteroatoms. The van der Waals surface area contributed by atoms with Crippen LogP contribution in [0.5, 0.6) is 0 Å². The summed E-state index contributed by atoms with van der Waals surface area (Å²) in [5.41, 5.74) is 2.29. The second-order valence-electron chi connectivity index (χ2n) is 5.55. The van der Waals surface area contributed by atoms with Gasteiger partial charge in [-0.05, 0) is 38.0 Å². The lowest BCUT2D eigenvalue weighted by Gasteiger charge is -2.39. The summed E-state index contributed by atoms with van der Waals surface area (Å²) in [7, 11) is 0. The molecule has 2 nitrogen and oxygen atoms in total. The first kappa shape index (κ1) is 13.8. The van der Waals surface area contributed by atoms with E-state index in [9.17, 15) is 5.11 Å². The van der Waals surface area contributed by atoms with Crippen LogP contribution in [0.2, 0.25) is 0 Å². The number of thioether (sulfide) groups is 1. The zero-order valence-corrected chi connectivity index (χ0v) is 12.3. The van der Waals surface area contributed by atoms with Crippen LogP contribution >= 0.6 is 11.8 Å². The smallest absolute Gasteiger partial charge is 0.0787 e. The highest BCUT2D eigenvalue weighted by atomic mass is 32.2. The molecule has 0 aromatic heterocycles. The van der Waals surface area contributed by atoms with E-state index in [4.69, 9.17) is 0 Å². The first-order valence-electron chi connectivity index (χ1n) is 6.69. The number of benzene rings is 1. The molecular formula is C15H23NOS. The molecule has 1 aliphatic rings. The molecule has 1 aromatic carbocycles. The Kier molecular flexibility index (Phi) is 4.23. The number of anilines is 1. The molecule has 1 aromatic rings. The molecule has 0 unspecified atom stereocenters. The van der Waals surface area contributed by atoms with E-state index in [2.05, 4.69) is 43.0 Å². The fraction of sp³-hybridized carbons (Fsp3) is 0.600. The maximum atomic E-state index is 9.80. The highest BCUT2D eigenvalue weighted by molar-refractivity contribution is 8.00. The van der Waals surface area contributed by atoms with Crippen LogP contribution in [0.25, 0.3) is 0 Å². The van der Waals surface area contributed by atoms with Crippen LogP contribution in [0.1, 0.15) is 38.9 Å². The van der Waals surface area contributed by atoms with Gasteiger partial charge in [-0.15, -0.1) is 0 Å². The van der Waals surface area contributed by atoms with Gasteiger partial charge in [0, 0.05) is 29.3 Å². The Labute approximate surface area is 114 Å². The zero-order chi connectivity index (χ0) is 13.2. The Morgan fingerprint density at radius 1 is 1.33 bits per heavy atom. The van der Waals surface area contributed by atoms with Gasteiger partial charge in [-0.25, -0.2) is 0 Å². The predicted octanol–water partition coefficient (Wildman–Crippen LogP) is 3.46. The number of hydrogen-bond acceptors (Lipinski definition) is 3. The van der Waals surface area contributed by atoms with Crippen molar-refractivity contribution in [3.63, 3.8) is 0 Å². The molecule has 0 bridgehead atoms. The van der Waals surface area contributed by atoms with Crippen LogP contribution in [0.3, 0.4) is 0 Å². The van der Waals surface area contributed by atoms with E-state index in [1.54, 1.807) is 0 Å². The summed E-state index contributed by atoms with van der Waals surface area (Å²) in [4.78, 5) is 2.44. The van der Waals surface area contributed by atoms with Crippen molar-refractivity contribution in [2.45, 2.75) is 38.0 Å². The summed E-state index contributed by atoms with van der Waals surface area (Å²) in [6, 6.07) is 8.39. The molecule has 1 aliphatic heterocycles. The second kappa shape index (κ2) is 5.54. The van der Waals surface area contributed by atoms with Crippen LogP contribution in [0.15, 0.2) is 24.3 Å². The number of aliphatic hydroxyl groups excluding tert-OH is 1. The third kappa shape index (κ3) is 3.21. The van der Waals surface area contributed by atoms with Crippen molar-refractivity contribution in [1.82, 2.24) is 0 Å². The van der Waals surface area contributed by atoms with Crippen molar-refractivity contribution >= 4 is 17.4 Å². The predicted molar refractivity (Wildman–Crippen MR) is 80.4 cm³/mol. The molecule has 0 aliphatic carbocycles. The van der Waals surface area contributed by atoms with Crippen molar-refractivity contribution in [2.75, 3.05) is 23.7 Å². The Morgan fingerprint density at radius 3 is 2.56 bits per heavy atom. The summed E-state index contributed by atoms with van der Waals surface area (Å²) in [5.74, 6) is 1.19. The fourth-order valence-electron chi connectivity index (χ4n) is 2.38. The molecule has 1 saturated heterocycles. The lowest BCUT2D eigenvalue weighted by Crippen LogP contribution is -2.43. The number of hydrogen-bond donors (Lipinski definition) is 1. The molecular weight excluding hydrogens is 242 g/mol. The SMILES string of the molecule is CC[C@H](O)c1ccc(N2CCSC(C)(C)C2)cc1. The summed E-state index contributed by atoms with van der Waals surface area (Å²) in [6.07, 6.45) is 0.444. The molecule has 0 amide bonds. The Bertz CT molecular complexity index is 388. The lowest BCUT2D eigenvalue weighted by molar-refractivity contribution is 0.173. The van der Waals surface area contributed by atoms with Crippen molar-refractivity contribution in [3.05, 3.63) is 29.8 Å². The van der Waals surface area contributed by atoms with Crippen molar-refractivity contribution in [2.24, 2.45) is 0 Å². The van der Waals surface area contributed by atoms with Crippen LogP contribution in [-0.4, -0.2) is 28.7 Å². The Morgan fingerprint density at radius 2 is 2.00 bits per heavy atom. The molecule has 100 valence electrons. The lowest BCUT2D eigenvalue weighted by atomic mass is 10.1. The van der Waals surface area contributed by atoms with Gasteiger partial charge in [0.25, 0.3) is 0 Å². The van der Waals surface area contributed by atoms with Gasteiger partial charge in [-0.1, -0.05) is 19.1 Å². The molecule has 18 heavy (non-hydrogen) atoms. The largest absolute Gasteiger partial charge is 0.388 e. The maximum Gasteiger partial charge on any atom is 0.0787 e. The van der Waals surface area contributed by atoms with Crippen LogP contribution in [0, 0.1) is 0 Å². The molecule has 1 atom stereocenters. The minimum absolute atomic E-state index is 0.326. The van der Waals surface area contributed by atoms with E-state index in [0.29, 0.717) is 4.75 Å². The molecule has 2 rings (SSSR count). The van der Waals surface area contributed by atoms with E-state index in [1.165, 1.54) is 11.4 Å². The normalized spacial score (nSPS) is 20.8. The summed E-state index contributed by atoms with van der Waals surface area (Å²) in [6.45, 7) is 8.82. The van der Waals surface area contributed by atoms with E-state index in [-0.39, 0.29) is 6.10 Å². The maximum absolute atomic E-state index is 9.80. The minimum atomic E-state index is -0.326. The van der Waals surface area contributed by atoms with E-state index in [0.717, 1.165) is 25.1 Å². The van der Waals surface area contributed by atoms with Gasteiger partial charge in [0.2, 0.25) is 0 Å². The van der Waals surface area contributed by atoms with Crippen LogP contribution in [-0.2, 0) is 0 Å². The molecule has 0 saturated carbocycles. The molecule has 0 spiro atoms. The van der Waals surface area contributed by atoms with E-state index >= 15 is 0 Å². The minimum Gasteiger partial charge on any atom is -0.388 e. The number of nitrogens with zero attached hydrogens (tertiary/aromatic N) is 1. The number of aliphatic hydroxyl groups is 1. The first-order valence-corrected chi connectivity index (χ1v) is 7.67. The first-order chi connectivity index (χ1) is 8.52. The standard InChI is InChI=1S/C15H23NOS/c1-4-14(17)12-5-7-13(8-6-12)16-9-10-18-15(2,3)11-16/h5-8,14,17H,4,9-11H2,1-3H3/t14-/m0/s1. The third-order valence-corrected chi connectivity index (χ3v) is 4.75. The molecule has 1 N–H and O–H groups in total. The summed E-state index contributed by atoms with van der Waals surface area (Å²) >= 11 is 2.05. The van der Waals surface area contributed by atoms with Gasteiger partial charge in [0.05, 0.1) is 6.10 Å². The average Bonchev–Trinajstić information content (AvgIpc) is 2.37. The van der Waals surface area contributed by atoms with Crippen LogP contribution < -0.4 is 4.90 Å². The Hall–Kier alpha value is -0.670. The topological polar surface area (TPSA) is 23.5 Å². The highest BCUT2D eigenvalue weighted by Gasteiger charge is 2.27. The molecule has 1 fully saturated rings. The fourth-order valence-corrected chi connectivity index (χ4v) is 3.49.